The van der Waals surface area contributed by atoms with E-state index in [9.17, 15) is 5.11 Å². The topological polar surface area (TPSA) is 85.2 Å². The summed E-state index contributed by atoms with van der Waals surface area (Å²) in [4.78, 5) is 4.20. The van der Waals surface area contributed by atoms with Gasteiger partial charge in [-0.05, 0) is 11.5 Å². The molecule has 20 heavy (non-hydrogen) atoms. The van der Waals surface area contributed by atoms with E-state index in [1.54, 1.807) is 0 Å². The molecule has 3 N–H and O–H groups in total. The average Bonchev–Trinajstić information content (AvgIpc) is 2.86. The van der Waals surface area contributed by atoms with Gasteiger partial charge in [0.2, 0.25) is 11.7 Å². The first-order valence-corrected chi connectivity index (χ1v) is 6.38. The van der Waals surface area contributed by atoms with E-state index < -0.39 is 12.1 Å². The van der Waals surface area contributed by atoms with Crippen LogP contribution in [0.25, 0.3) is 0 Å². The molecule has 0 aliphatic heterocycles. The molecule has 0 saturated carbocycles. The van der Waals surface area contributed by atoms with Crippen LogP contribution in [0.1, 0.15) is 37.2 Å². The summed E-state index contributed by atoms with van der Waals surface area (Å²) in [6.45, 7) is 3.89. The smallest absolute Gasteiger partial charge is 0.231 e. The Kier molecular flexibility index (Phi) is 6.13. The van der Waals surface area contributed by atoms with Gasteiger partial charge in [-0.3, -0.25) is 0 Å². The SMILES string of the molecule is CC(C)[C@H](N)C(O)c1noc(Cc2ccccc2)n1.Cl. The number of aliphatic hydroxyl groups excluding tert-OH is 1. The second kappa shape index (κ2) is 7.38. The van der Waals surface area contributed by atoms with Crippen LogP contribution in [0.15, 0.2) is 34.9 Å². The monoisotopic (exact) mass is 297 g/mol. The molecule has 110 valence electrons. The van der Waals surface area contributed by atoms with E-state index in [4.69, 9.17) is 10.3 Å². The zero-order valence-electron chi connectivity index (χ0n) is 11.6. The van der Waals surface area contributed by atoms with Gasteiger partial charge in [-0.2, -0.15) is 4.98 Å². The number of hydrogen-bond acceptors (Lipinski definition) is 5. The summed E-state index contributed by atoms with van der Waals surface area (Å²) in [6, 6.07) is 9.43. The van der Waals surface area contributed by atoms with Gasteiger partial charge >= 0.3 is 0 Å². The summed E-state index contributed by atoms with van der Waals surface area (Å²) in [7, 11) is 0. The second-order valence-corrected chi connectivity index (χ2v) is 4.97. The summed E-state index contributed by atoms with van der Waals surface area (Å²) in [6.07, 6.45) is -0.342. The summed E-state index contributed by atoms with van der Waals surface area (Å²) in [5.41, 5.74) is 6.97. The van der Waals surface area contributed by atoms with E-state index in [1.807, 2.05) is 44.2 Å². The largest absolute Gasteiger partial charge is 0.383 e. The van der Waals surface area contributed by atoms with Crippen LogP contribution in [0, 0.1) is 5.92 Å². The molecule has 1 aromatic carbocycles. The molecule has 0 aliphatic carbocycles. The lowest BCUT2D eigenvalue weighted by molar-refractivity contribution is 0.114. The van der Waals surface area contributed by atoms with Gasteiger partial charge in [0.1, 0.15) is 6.10 Å². The van der Waals surface area contributed by atoms with Gasteiger partial charge in [0, 0.05) is 6.04 Å². The summed E-state index contributed by atoms with van der Waals surface area (Å²) >= 11 is 0. The van der Waals surface area contributed by atoms with E-state index in [-0.39, 0.29) is 24.1 Å². The maximum atomic E-state index is 10.0. The van der Waals surface area contributed by atoms with Crippen molar-refractivity contribution in [2.24, 2.45) is 11.7 Å². The lowest BCUT2D eigenvalue weighted by Crippen LogP contribution is -2.34. The quantitative estimate of drug-likeness (QED) is 0.883. The Balaban J connectivity index is 0.00000200. The predicted octanol–water partition coefficient (Wildman–Crippen LogP) is 2.10. The highest BCUT2D eigenvalue weighted by molar-refractivity contribution is 5.85. The number of aliphatic hydroxyl groups is 1. The Labute approximate surface area is 124 Å². The van der Waals surface area contributed by atoms with Crippen LogP contribution in [-0.4, -0.2) is 21.3 Å². The van der Waals surface area contributed by atoms with Gasteiger partial charge in [0.15, 0.2) is 0 Å². The molecule has 1 aromatic heterocycles. The highest BCUT2D eigenvalue weighted by Gasteiger charge is 2.24. The van der Waals surface area contributed by atoms with Crippen molar-refractivity contribution >= 4 is 12.4 Å². The lowest BCUT2D eigenvalue weighted by atomic mass is 9.99. The van der Waals surface area contributed by atoms with Crippen LogP contribution in [0.3, 0.4) is 0 Å². The van der Waals surface area contributed by atoms with Gasteiger partial charge in [-0.15, -0.1) is 12.4 Å². The molecule has 0 saturated heterocycles. The Bertz CT molecular complexity index is 516. The van der Waals surface area contributed by atoms with Crippen molar-refractivity contribution in [2.45, 2.75) is 32.4 Å². The Hall–Kier alpha value is -1.43. The maximum absolute atomic E-state index is 10.0. The van der Waals surface area contributed by atoms with E-state index in [2.05, 4.69) is 10.1 Å². The minimum absolute atomic E-state index is 0. The molecule has 1 unspecified atom stereocenters. The first-order valence-electron chi connectivity index (χ1n) is 6.38. The van der Waals surface area contributed by atoms with E-state index in [0.29, 0.717) is 12.3 Å². The fraction of sp³-hybridized carbons (Fsp3) is 0.429. The predicted molar refractivity (Wildman–Crippen MR) is 78.6 cm³/mol. The number of halogens is 1. The third kappa shape index (κ3) is 4.03. The minimum atomic E-state index is -0.895. The number of nitrogens with two attached hydrogens (primary N) is 1. The van der Waals surface area contributed by atoms with Gasteiger partial charge in [0.05, 0.1) is 6.42 Å². The van der Waals surface area contributed by atoms with E-state index in [0.717, 1.165) is 5.56 Å². The molecule has 1 heterocycles. The highest BCUT2D eigenvalue weighted by atomic mass is 35.5. The van der Waals surface area contributed by atoms with Crippen LogP contribution in [0.2, 0.25) is 0 Å². The van der Waals surface area contributed by atoms with Crippen LogP contribution < -0.4 is 5.73 Å². The van der Waals surface area contributed by atoms with E-state index in [1.165, 1.54) is 0 Å². The van der Waals surface area contributed by atoms with Crippen molar-refractivity contribution in [1.29, 1.82) is 0 Å². The molecule has 2 atom stereocenters. The molecule has 0 bridgehead atoms. The average molecular weight is 298 g/mol. The number of rotatable bonds is 5. The van der Waals surface area contributed by atoms with Gasteiger partial charge in [-0.25, -0.2) is 0 Å². The van der Waals surface area contributed by atoms with Crippen LogP contribution >= 0.6 is 12.4 Å². The minimum Gasteiger partial charge on any atom is -0.383 e. The second-order valence-electron chi connectivity index (χ2n) is 4.97. The third-order valence-corrected chi connectivity index (χ3v) is 3.08. The highest BCUT2D eigenvalue weighted by Crippen LogP contribution is 2.18. The molecule has 0 fully saturated rings. The molecule has 2 rings (SSSR count). The molecular formula is C14H20ClN3O2. The number of hydrogen-bond donors (Lipinski definition) is 2. The maximum Gasteiger partial charge on any atom is 0.231 e. The zero-order valence-corrected chi connectivity index (χ0v) is 12.4. The molecule has 2 aromatic rings. The fourth-order valence-corrected chi connectivity index (χ4v) is 1.77. The first-order chi connectivity index (χ1) is 9.08. The number of benzene rings is 1. The lowest BCUT2D eigenvalue weighted by Gasteiger charge is -2.18. The zero-order chi connectivity index (χ0) is 13.8. The molecule has 5 nitrogen and oxygen atoms in total. The van der Waals surface area contributed by atoms with Gasteiger partial charge in [-0.1, -0.05) is 49.3 Å². The van der Waals surface area contributed by atoms with Crippen molar-refractivity contribution < 1.29 is 9.63 Å². The Morgan fingerprint density at radius 1 is 1.25 bits per heavy atom. The molecule has 0 radical (unpaired) electrons. The molecular weight excluding hydrogens is 278 g/mol. The van der Waals surface area contributed by atoms with Crippen LogP contribution in [0.4, 0.5) is 0 Å². The molecule has 0 aliphatic rings. The molecule has 6 heteroatoms. The van der Waals surface area contributed by atoms with Crippen molar-refractivity contribution in [3.63, 3.8) is 0 Å². The van der Waals surface area contributed by atoms with Gasteiger partial charge < -0.3 is 15.4 Å². The summed E-state index contributed by atoms with van der Waals surface area (Å²) in [5, 5.41) is 13.8. The Morgan fingerprint density at radius 2 is 1.90 bits per heavy atom. The number of nitrogens with zero attached hydrogens (tertiary/aromatic N) is 2. The summed E-state index contributed by atoms with van der Waals surface area (Å²) < 4.78 is 5.14. The summed E-state index contributed by atoms with van der Waals surface area (Å²) in [5.74, 6) is 0.884. The van der Waals surface area contributed by atoms with Crippen molar-refractivity contribution in [3.8, 4) is 0 Å². The molecule has 0 spiro atoms. The Morgan fingerprint density at radius 3 is 2.50 bits per heavy atom. The van der Waals surface area contributed by atoms with Crippen LogP contribution in [-0.2, 0) is 6.42 Å². The normalized spacial score (nSPS) is 13.8. The molecule has 0 amide bonds. The number of aromatic nitrogens is 2. The van der Waals surface area contributed by atoms with Crippen molar-refractivity contribution in [2.75, 3.05) is 0 Å². The van der Waals surface area contributed by atoms with Crippen molar-refractivity contribution in [1.82, 2.24) is 10.1 Å². The van der Waals surface area contributed by atoms with Crippen molar-refractivity contribution in [3.05, 3.63) is 47.6 Å². The third-order valence-electron chi connectivity index (χ3n) is 3.08. The van der Waals surface area contributed by atoms with Crippen LogP contribution in [0.5, 0.6) is 0 Å². The van der Waals surface area contributed by atoms with E-state index >= 15 is 0 Å². The first kappa shape index (κ1) is 16.6. The van der Waals surface area contributed by atoms with Gasteiger partial charge in [0.25, 0.3) is 0 Å². The standard InChI is InChI=1S/C14H19N3O2.ClH/c1-9(2)12(15)13(18)14-16-11(19-17-14)8-10-6-4-3-5-7-10;/h3-7,9,12-13,18H,8,15H2,1-2H3;1H/t12-,13?;/m0./s1. The fourth-order valence-electron chi connectivity index (χ4n) is 1.77.